The van der Waals surface area contributed by atoms with Gasteiger partial charge in [-0.3, -0.25) is 5.10 Å². The molecule has 0 aliphatic rings. The average Bonchev–Trinajstić information content (AvgIpc) is 2.73. The Morgan fingerprint density at radius 3 is 2.76 bits per heavy atom. The molecule has 1 N–H and O–H groups in total. The van der Waals surface area contributed by atoms with Crippen LogP contribution in [0.1, 0.15) is 10.4 Å². The third-order valence-corrected chi connectivity index (χ3v) is 3.54. The van der Waals surface area contributed by atoms with Crippen molar-refractivity contribution in [3.63, 3.8) is 0 Å². The molecule has 0 atom stereocenters. The van der Waals surface area contributed by atoms with Crippen LogP contribution >= 0.6 is 10.7 Å². The predicted octanol–water partition coefficient (Wildman–Crippen LogP) is 1.28. The summed E-state index contributed by atoms with van der Waals surface area (Å²) in [7, 11) is 2.52. The van der Waals surface area contributed by atoms with Gasteiger partial charge in [-0.15, -0.1) is 0 Å². The number of aromatic amines is 1. The molecule has 0 unspecified atom stereocenters. The number of nitrogens with zero attached hydrogens (tertiary/aromatic N) is 1. The van der Waals surface area contributed by atoms with E-state index in [-0.39, 0.29) is 10.5 Å². The average molecular weight is 275 g/mol. The topological polar surface area (TPSA) is 89.1 Å². The first-order valence-corrected chi connectivity index (χ1v) is 6.74. The third kappa shape index (κ3) is 2.11. The molecule has 8 heteroatoms. The van der Waals surface area contributed by atoms with Crippen LogP contribution in [0.25, 0.3) is 10.9 Å². The Bertz CT molecular complexity index is 692. The highest BCUT2D eigenvalue weighted by atomic mass is 35.7. The lowest BCUT2D eigenvalue weighted by Gasteiger charge is -2.03. The molecule has 0 saturated carbocycles. The molecule has 1 heterocycles. The van der Waals surface area contributed by atoms with Crippen LogP contribution in [0.4, 0.5) is 0 Å². The maximum Gasteiger partial charge on any atom is 0.340 e. The fourth-order valence-electron chi connectivity index (χ4n) is 1.44. The van der Waals surface area contributed by atoms with E-state index >= 15 is 0 Å². The highest BCUT2D eigenvalue weighted by Crippen LogP contribution is 2.24. The smallest absolute Gasteiger partial charge is 0.340 e. The number of benzene rings is 1. The minimum Gasteiger partial charge on any atom is -0.465 e. The molecule has 0 aliphatic carbocycles. The van der Waals surface area contributed by atoms with Crippen molar-refractivity contribution < 1.29 is 17.9 Å². The van der Waals surface area contributed by atoms with Gasteiger partial charge in [-0.25, -0.2) is 13.2 Å². The van der Waals surface area contributed by atoms with E-state index in [1.165, 1.54) is 19.4 Å². The number of aromatic nitrogens is 2. The fourth-order valence-corrected chi connectivity index (χ4v) is 2.24. The van der Waals surface area contributed by atoms with Gasteiger partial charge in [0.25, 0.3) is 9.05 Å². The Balaban J connectivity index is 2.80. The summed E-state index contributed by atoms with van der Waals surface area (Å²) in [5.74, 6) is -0.665. The lowest BCUT2D eigenvalue weighted by Crippen LogP contribution is -2.04. The largest absolute Gasteiger partial charge is 0.465 e. The standard InChI is InChI=1S/C9H7ClN2O4S/c1-16-9(13)7-3-6(17(10,14)15)2-5-4-11-12-8(5)7/h2-4H,1H3,(H,11,12). The Labute approximate surface area is 101 Å². The number of rotatable bonds is 2. The Morgan fingerprint density at radius 1 is 1.47 bits per heavy atom. The van der Waals surface area contributed by atoms with Gasteiger partial charge in [0.15, 0.2) is 0 Å². The first kappa shape index (κ1) is 11.9. The molecule has 0 fully saturated rings. The lowest BCUT2D eigenvalue weighted by molar-refractivity contribution is 0.0602. The second-order valence-electron chi connectivity index (χ2n) is 3.23. The molecule has 17 heavy (non-hydrogen) atoms. The van der Waals surface area contributed by atoms with E-state index in [0.717, 1.165) is 6.07 Å². The van der Waals surface area contributed by atoms with Crippen LogP contribution in [0.15, 0.2) is 23.2 Å². The third-order valence-electron chi connectivity index (χ3n) is 2.21. The van der Waals surface area contributed by atoms with Gasteiger partial charge in [0, 0.05) is 16.1 Å². The van der Waals surface area contributed by atoms with E-state index in [1.54, 1.807) is 0 Å². The summed E-state index contributed by atoms with van der Waals surface area (Å²) >= 11 is 0. The van der Waals surface area contributed by atoms with Crippen molar-refractivity contribution in [3.8, 4) is 0 Å². The second-order valence-corrected chi connectivity index (χ2v) is 5.80. The van der Waals surface area contributed by atoms with Crippen LogP contribution in [0.3, 0.4) is 0 Å². The number of hydrogen-bond acceptors (Lipinski definition) is 5. The molecule has 1 aromatic carbocycles. The molecule has 0 bridgehead atoms. The zero-order valence-corrected chi connectivity index (χ0v) is 10.2. The minimum absolute atomic E-state index is 0.0710. The van der Waals surface area contributed by atoms with E-state index in [4.69, 9.17) is 10.7 Å². The number of esters is 1. The minimum atomic E-state index is -3.91. The highest BCUT2D eigenvalue weighted by molar-refractivity contribution is 8.13. The van der Waals surface area contributed by atoms with Gasteiger partial charge >= 0.3 is 5.97 Å². The summed E-state index contributed by atoms with van der Waals surface area (Å²) in [6, 6.07) is 2.47. The Kier molecular flexibility index (Phi) is 2.80. The van der Waals surface area contributed by atoms with Crippen molar-refractivity contribution in [2.75, 3.05) is 7.11 Å². The SMILES string of the molecule is COC(=O)c1cc(S(=O)(=O)Cl)cc2cn[nH]c12. The first-order valence-electron chi connectivity index (χ1n) is 4.43. The first-order chi connectivity index (χ1) is 7.93. The number of halogens is 1. The molecular formula is C9H7ClN2O4S. The van der Waals surface area contributed by atoms with Gasteiger partial charge in [-0.1, -0.05) is 0 Å². The number of H-pyrrole nitrogens is 1. The molecule has 90 valence electrons. The second kappa shape index (κ2) is 4.01. The van der Waals surface area contributed by atoms with E-state index < -0.39 is 15.0 Å². The van der Waals surface area contributed by atoms with Gasteiger partial charge in [0.05, 0.1) is 29.3 Å². The van der Waals surface area contributed by atoms with Gasteiger partial charge in [0.1, 0.15) is 0 Å². The van der Waals surface area contributed by atoms with Gasteiger partial charge in [0.2, 0.25) is 0 Å². The molecule has 1 aromatic heterocycles. The molecule has 0 saturated heterocycles. The maximum absolute atomic E-state index is 11.5. The van der Waals surface area contributed by atoms with E-state index in [2.05, 4.69) is 14.9 Å². The normalized spacial score (nSPS) is 11.6. The van der Waals surface area contributed by atoms with Gasteiger partial charge in [-0.2, -0.15) is 5.10 Å². The zero-order chi connectivity index (χ0) is 12.6. The lowest BCUT2D eigenvalue weighted by atomic mass is 10.1. The molecular weight excluding hydrogens is 268 g/mol. The van der Waals surface area contributed by atoms with Crippen LogP contribution in [0.2, 0.25) is 0 Å². The van der Waals surface area contributed by atoms with Crippen molar-refractivity contribution in [2.24, 2.45) is 0 Å². The number of carbonyl (C=O) groups is 1. The fraction of sp³-hybridized carbons (Fsp3) is 0.111. The maximum atomic E-state index is 11.5. The van der Waals surface area contributed by atoms with Crippen molar-refractivity contribution in [2.45, 2.75) is 4.90 Å². The summed E-state index contributed by atoms with van der Waals surface area (Å²) in [6.07, 6.45) is 1.40. The number of fused-ring (bicyclic) bond motifs is 1. The summed E-state index contributed by atoms with van der Waals surface area (Å²) in [4.78, 5) is 11.3. The van der Waals surface area contributed by atoms with Gasteiger partial charge < -0.3 is 4.74 Å². The van der Waals surface area contributed by atoms with Crippen molar-refractivity contribution in [1.29, 1.82) is 0 Å². The Hall–Kier alpha value is -1.60. The van der Waals surface area contributed by atoms with E-state index in [0.29, 0.717) is 10.9 Å². The molecule has 2 rings (SSSR count). The molecule has 0 aliphatic heterocycles. The summed E-state index contributed by atoms with van der Waals surface area (Å²) in [6.45, 7) is 0. The number of nitrogens with one attached hydrogen (secondary N) is 1. The summed E-state index contributed by atoms with van der Waals surface area (Å²) in [5, 5.41) is 6.79. The predicted molar refractivity (Wildman–Crippen MR) is 60.5 cm³/mol. The zero-order valence-electron chi connectivity index (χ0n) is 8.60. The molecule has 0 spiro atoms. The monoisotopic (exact) mass is 274 g/mol. The van der Waals surface area contributed by atoms with Crippen LogP contribution in [-0.4, -0.2) is 31.7 Å². The molecule has 2 aromatic rings. The number of methoxy groups -OCH3 is 1. The number of hydrogen-bond donors (Lipinski definition) is 1. The van der Waals surface area contributed by atoms with Crippen molar-refractivity contribution in [1.82, 2.24) is 10.2 Å². The quantitative estimate of drug-likeness (QED) is 0.658. The number of ether oxygens (including phenoxy) is 1. The molecule has 6 nitrogen and oxygen atoms in total. The molecule has 0 radical (unpaired) electrons. The van der Waals surface area contributed by atoms with Crippen molar-refractivity contribution in [3.05, 3.63) is 23.9 Å². The van der Waals surface area contributed by atoms with Crippen LogP contribution < -0.4 is 0 Å². The van der Waals surface area contributed by atoms with Crippen LogP contribution in [-0.2, 0) is 13.8 Å². The molecule has 0 amide bonds. The van der Waals surface area contributed by atoms with E-state index in [1.807, 2.05) is 0 Å². The summed E-state index contributed by atoms with van der Waals surface area (Å²) < 4.78 is 27.0. The Morgan fingerprint density at radius 2 is 2.18 bits per heavy atom. The van der Waals surface area contributed by atoms with Crippen molar-refractivity contribution >= 4 is 36.6 Å². The summed E-state index contributed by atoms with van der Waals surface area (Å²) in [5.41, 5.74) is 0.475. The van der Waals surface area contributed by atoms with E-state index in [9.17, 15) is 13.2 Å². The van der Waals surface area contributed by atoms with Gasteiger partial charge in [-0.05, 0) is 12.1 Å². The highest BCUT2D eigenvalue weighted by Gasteiger charge is 2.18. The van der Waals surface area contributed by atoms with Crippen LogP contribution in [0, 0.1) is 0 Å². The number of carbonyl (C=O) groups excluding carboxylic acids is 1. The van der Waals surface area contributed by atoms with Crippen LogP contribution in [0.5, 0.6) is 0 Å².